The third kappa shape index (κ3) is 3.44. The van der Waals surface area contributed by atoms with Gasteiger partial charge in [-0.3, -0.25) is 9.69 Å². The third-order valence-corrected chi connectivity index (χ3v) is 4.60. The molecule has 0 bridgehead atoms. The highest BCUT2D eigenvalue weighted by molar-refractivity contribution is 5.79. The summed E-state index contributed by atoms with van der Waals surface area (Å²) in [5, 5.41) is 0. The van der Waals surface area contributed by atoms with Crippen LogP contribution in [0, 0.1) is 12.8 Å². The largest absolute Gasteiger partial charge is 0.378 e. The van der Waals surface area contributed by atoms with Gasteiger partial charge < -0.3 is 9.64 Å². The lowest BCUT2D eigenvalue weighted by atomic mass is 10.1. The molecular weight excluding hydrogens is 264 g/mol. The van der Waals surface area contributed by atoms with E-state index in [1.165, 1.54) is 11.1 Å². The number of amides is 1. The summed E-state index contributed by atoms with van der Waals surface area (Å²) in [5.74, 6) is 0.498. The van der Waals surface area contributed by atoms with Gasteiger partial charge in [0.05, 0.1) is 19.1 Å². The van der Waals surface area contributed by atoms with Crippen molar-refractivity contribution in [3.63, 3.8) is 0 Å². The number of likely N-dealkylation sites (tertiary alicyclic amines) is 1. The van der Waals surface area contributed by atoms with Crippen molar-refractivity contribution < 1.29 is 9.53 Å². The van der Waals surface area contributed by atoms with Crippen molar-refractivity contribution in [3.05, 3.63) is 35.4 Å². The number of benzene rings is 1. The Bertz CT molecular complexity index is 497. The molecule has 1 unspecified atom stereocenters. The van der Waals surface area contributed by atoms with E-state index in [1.807, 2.05) is 4.90 Å². The third-order valence-electron chi connectivity index (χ3n) is 4.60. The lowest BCUT2D eigenvalue weighted by molar-refractivity contribution is -0.139. The second-order valence-electron chi connectivity index (χ2n) is 6.08. The number of carbonyl (C=O) groups is 1. The van der Waals surface area contributed by atoms with Crippen molar-refractivity contribution in [1.82, 2.24) is 9.80 Å². The van der Waals surface area contributed by atoms with Crippen LogP contribution in [0.4, 0.5) is 0 Å². The molecule has 2 aliphatic heterocycles. The maximum Gasteiger partial charge on any atom is 0.227 e. The molecule has 1 aromatic carbocycles. The Kier molecular flexibility index (Phi) is 4.56. The van der Waals surface area contributed by atoms with Crippen LogP contribution in [0.25, 0.3) is 0 Å². The van der Waals surface area contributed by atoms with E-state index in [0.717, 1.165) is 39.1 Å². The summed E-state index contributed by atoms with van der Waals surface area (Å²) in [6.07, 6.45) is 0.988. The maximum atomic E-state index is 12.5. The Morgan fingerprint density at radius 1 is 1.24 bits per heavy atom. The minimum Gasteiger partial charge on any atom is -0.378 e. The van der Waals surface area contributed by atoms with Gasteiger partial charge in [-0.1, -0.05) is 24.3 Å². The number of aryl methyl sites for hydroxylation is 1. The first-order valence-electron chi connectivity index (χ1n) is 7.87. The van der Waals surface area contributed by atoms with Crippen LogP contribution in [0.2, 0.25) is 0 Å². The number of hydrogen-bond acceptors (Lipinski definition) is 3. The molecule has 2 saturated heterocycles. The SMILES string of the molecule is Cc1ccccc1CN1CCC(C(=O)N2CCOCC2)C1. The summed E-state index contributed by atoms with van der Waals surface area (Å²) in [4.78, 5) is 16.9. The van der Waals surface area contributed by atoms with Crippen LogP contribution >= 0.6 is 0 Å². The number of nitrogens with zero attached hydrogens (tertiary/aromatic N) is 2. The highest BCUT2D eigenvalue weighted by Gasteiger charge is 2.32. The van der Waals surface area contributed by atoms with Gasteiger partial charge in [-0.05, 0) is 31.0 Å². The minimum atomic E-state index is 0.173. The van der Waals surface area contributed by atoms with Crippen molar-refractivity contribution in [3.8, 4) is 0 Å². The van der Waals surface area contributed by atoms with Gasteiger partial charge in [-0.25, -0.2) is 0 Å². The fourth-order valence-electron chi connectivity index (χ4n) is 3.25. The molecule has 4 heteroatoms. The first kappa shape index (κ1) is 14.5. The van der Waals surface area contributed by atoms with E-state index in [1.54, 1.807) is 0 Å². The zero-order valence-corrected chi connectivity index (χ0v) is 12.8. The van der Waals surface area contributed by atoms with Crippen molar-refractivity contribution in [2.45, 2.75) is 19.9 Å². The molecule has 2 fully saturated rings. The second-order valence-corrected chi connectivity index (χ2v) is 6.08. The second kappa shape index (κ2) is 6.58. The molecule has 114 valence electrons. The number of carbonyl (C=O) groups excluding carboxylic acids is 1. The van der Waals surface area contributed by atoms with Gasteiger partial charge in [-0.2, -0.15) is 0 Å². The summed E-state index contributed by atoms with van der Waals surface area (Å²) in [7, 11) is 0. The van der Waals surface area contributed by atoms with Crippen LogP contribution in [0.5, 0.6) is 0 Å². The number of ether oxygens (including phenoxy) is 1. The summed E-state index contributed by atoms with van der Waals surface area (Å²) >= 11 is 0. The van der Waals surface area contributed by atoms with Crippen molar-refractivity contribution in [1.29, 1.82) is 0 Å². The van der Waals surface area contributed by atoms with Crippen molar-refractivity contribution in [2.24, 2.45) is 5.92 Å². The predicted molar refractivity (Wildman–Crippen MR) is 82.0 cm³/mol. The van der Waals surface area contributed by atoms with Crippen LogP contribution in [0.15, 0.2) is 24.3 Å². The first-order valence-corrected chi connectivity index (χ1v) is 7.87. The molecule has 1 amide bonds. The molecule has 3 rings (SSSR count). The monoisotopic (exact) mass is 288 g/mol. The van der Waals surface area contributed by atoms with Crippen LogP contribution in [0.1, 0.15) is 17.5 Å². The Morgan fingerprint density at radius 2 is 2.00 bits per heavy atom. The van der Waals surface area contributed by atoms with Crippen molar-refractivity contribution >= 4 is 5.91 Å². The van der Waals surface area contributed by atoms with Gasteiger partial charge in [0.1, 0.15) is 0 Å². The highest BCUT2D eigenvalue weighted by Crippen LogP contribution is 2.22. The van der Waals surface area contributed by atoms with Gasteiger partial charge >= 0.3 is 0 Å². The average molecular weight is 288 g/mol. The number of hydrogen-bond donors (Lipinski definition) is 0. The summed E-state index contributed by atoms with van der Waals surface area (Å²) in [5.41, 5.74) is 2.71. The summed E-state index contributed by atoms with van der Waals surface area (Å²) in [6.45, 7) is 7.91. The predicted octanol–water partition coefficient (Wildman–Crippen LogP) is 1.68. The molecule has 0 saturated carbocycles. The Labute approximate surface area is 126 Å². The standard InChI is InChI=1S/C17H24N2O2/c1-14-4-2-3-5-15(14)12-18-7-6-16(13-18)17(20)19-8-10-21-11-9-19/h2-5,16H,6-13H2,1H3. The molecule has 2 aliphatic rings. The van der Waals surface area contributed by atoms with E-state index in [-0.39, 0.29) is 5.92 Å². The zero-order valence-electron chi connectivity index (χ0n) is 12.8. The lowest BCUT2D eigenvalue weighted by Crippen LogP contribution is -2.44. The molecule has 1 atom stereocenters. The normalized spacial score (nSPS) is 23.5. The molecule has 2 heterocycles. The first-order chi connectivity index (χ1) is 10.2. The van der Waals surface area contributed by atoms with Crippen LogP contribution in [0.3, 0.4) is 0 Å². The van der Waals surface area contributed by atoms with Gasteiger partial charge in [-0.15, -0.1) is 0 Å². The lowest BCUT2D eigenvalue weighted by Gasteiger charge is -2.29. The highest BCUT2D eigenvalue weighted by atomic mass is 16.5. The molecule has 0 spiro atoms. The molecule has 0 aliphatic carbocycles. The fourth-order valence-corrected chi connectivity index (χ4v) is 3.25. The topological polar surface area (TPSA) is 32.8 Å². The summed E-state index contributed by atoms with van der Waals surface area (Å²) in [6, 6.07) is 8.51. The molecule has 1 aromatic rings. The van der Waals surface area contributed by atoms with Gasteiger partial charge in [0.25, 0.3) is 0 Å². The summed E-state index contributed by atoms with van der Waals surface area (Å²) < 4.78 is 5.32. The maximum absolute atomic E-state index is 12.5. The van der Waals surface area contributed by atoms with E-state index in [4.69, 9.17) is 4.74 Å². The van der Waals surface area contributed by atoms with E-state index >= 15 is 0 Å². The molecule has 0 N–H and O–H groups in total. The molecular formula is C17H24N2O2. The Balaban J connectivity index is 1.55. The number of rotatable bonds is 3. The number of morpholine rings is 1. The van der Waals surface area contributed by atoms with Crippen LogP contribution in [-0.2, 0) is 16.1 Å². The Morgan fingerprint density at radius 3 is 2.76 bits per heavy atom. The van der Waals surface area contributed by atoms with Gasteiger partial charge in [0, 0.05) is 26.2 Å². The smallest absolute Gasteiger partial charge is 0.227 e. The van der Waals surface area contributed by atoms with E-state index in [2.05, 4.69) is 36.1 Å². The fraction of sp³-hybridized carbons (Fsp3) is 0.588. The minimum absolute atomic E-state index is 0.173. The van der Waals surface area contributed by atoms with Crippen LogP contribution < -0.4 is 0 Å². The average Bonchev–Trinajstić information content (AvgIpc) is 2.98. The quantitative estimate of drug-likeness (QED) is 0.848. The molecule has 21 heavy (non-hydrogen) atoms. The van der Waals surface area contributed by atoms with E-state index in [9.17, 15) is 4.79 Å². The zero-order chi connectivity index (χ0) is 14.7. The molecule has 4 nitrogen and oxygen atoms in total. The van der Waals surface area contributed by atoms with Gasteiger partial charge in [0.2, 0.25) is 5.91 Å². The Hall–Kier alpha value is -1.39. The van der Waals surface area contributed by atoms with E-state index < -0.39 is 0 Å². The molecule has 0 radical (unpaired) electrons. The molecule has 0 aromatic heterocycles. The van der Waals surface area contributed by atoms with Gasteiger partial charge in [0.15, 0.2) is 0 Å². The van der Waals surface area contributed by atoms with Crippen molar-refractivity contribution in [2.75, 3.05) is 39.4 Å². The van der Waals surface area contributed by atoms with Crippen LogP contribution in [-0.4, -0.2) is 55.1 Å². The van der Waals surface area contributed by atoms with E-state index in [0.29, 0.717) is 19.1 Å².